The highest BCUT2D eigenvalue weighted by Gasteiger charge is 2.30. The van der Waals surface area contributed by atoms with Crippen LogP contribution < -0.4 is 5.43 Å². The van der Waals surface area contributed by atoms with Crippen molar-refractivity contribution in [1.29, 1.82) is 0 Å². The minimum absolute atomic E-state index is 0.265. The van der Waals surface area contributed by atoms with Crippen LogP contribution in [0.1, 0.15) is 41.5 Å². The van der Waals surface area contributed by atoms with E-state index in [1.807, 2.05) is 41.5 Å². The average molecular weight is 301 g/mol. The van der Waals surface area contributed by atoms with Crippen LogP contribution in [0.15, 0.2) is 0 Å². The summed E-state index contributed by atoms with van der Waals surface area (Å²) in [6, 6.07) is 0. The lowest BCUT2D eigenvalue weighted by Crippen LogP contribution is -2.53. The number of carbonyl (C=O) groups is 1. The number of hydrazine groups is 1. The molecule has 1 heterocycles. The number of ether oxygens (including phenoxy) is 2. The van der Waals surface area contributed by atoms with Crippen molar-refractivity contribution < 1.29 is 14.3 Å². The van der Waals surface area contributed by atoms with E-state index in [1.165, 1.54) is 0 Å². The van der Waals surface area contributed by atoms with Crippen LogP contribution in [0.4, 0.5) is 4.79 Å². The molecule has 0 aromatic rings. The molecule has 0 atom stereocenters. The van der Waals surface area contributed by atoms with Gasteiger partial charge in [0.05, 0.1) is 13.2 Å². The largest absolute Gasteiger partial charge is 0.444 e. The van der Waals surface area contributed by atoms with Gasteiger partial charge in [-0.3, -0.25) is 5.43 Å². The van der Waals surface area contributed by atoms with Crippen molar-refractivity contribution in [3.05, 3.63) is 0 Å². The third-order valence-corrected chi connectivity index (χ3v) is 3.11. The highest BCUT2D eigenvalue weighted by molar-refractivity contribution is 5.69. The van der Waals surface area contributed by atoms with Crippen molar-refractivity contribution in [3.8, 4) is 0 Å². The first-order valence-corrected chi connectivity index (χ1v) is 7.66. The highest BCUT2D eigenvalue weighted by Crippen LogP contribution is 2.17. The fourth-order valence-corrected chi connectivity index (χ4v) is 2.06. The van der Waals surface area contributed by atoms with Gasteiger partial charge in [-0.25, -0.2) is 9.80 Å². The van der Waals surface area contributed by atoms with E-state index >= 15 is 0 Å². The lowest BCUT2D eigenvalue weighted by Gasteiger charge is -2.37. The van der Waals surface area contributed by atoms with Crippen molar-refractivity contribution in [2.24, 2.45) is 0 Å². The van der Waals surface area contributed by atoms with Gasteiger partial charge in [-0.1, -0.05) is 0 Å². The van der Waals surface area contributed by atoms with Gasteiger partial charge in [0.15, 0.2) is 0 Å². The number of nitrogens with one attached hydrogen (secondary N) is 1. The predicted octanol–water partition coefficient (Wildman–Crippen LogP) is 1.86. The maximum Gasteiger partial charge on any atom is 0.410 e. The van der Waals surface area contributed by atoms with Crippen LogP contribution in [-0.4, -0.2) is 66.5 Å². The first-order valence-electron chi connectivity index (χ1n) is 7.66. The van der Waals surface area contributed by atoms with E-state index < -0.39 is 5.60 Å². The standard InChI is InChI=1S/C15H31N3O3/c1-14(2,3)18(13(19)21-15(4,5)6)8-7-16-17-9-11-20-12-10-17/h16H,7-12H2,1-6H3. The second-order valence-electron chi connectivity index (χ2n) is 7.31. The van der Waals surface area contributed by atoms with Gasteiger partial charge in [-0.2, -0.15) is 0 Å². The smallest absolute Gasteiger partial charge is 0.410 e. The van der Waals surface area contributed by atoms with Gasteiger partial charge in [0.2, 0.25) is 0 Å². The molecule has 6 nitrogen and oxygen atoms in total. The first-order chi connectivity index (χ1) is 9.59. The van der Waals surface area contributed by atoms with Crippen molar-refractivity contribution >= 4 is 6.09 Å². The van der Waals surface area contributed by atoms with Crippen LogP contribution in [0.3, 0.4) is 0 Å². The molecule has 0 spiro atoms. The normalized spacial score (nSPS) is 17.6. The number of morpholine rings is 1. The Kier molecular flexibility index (Phi) is 6.43. The van der Waals surface area contributed by atoms with Crippen molar-refractivity contribution in [2.75, 3.05) is 39.4 Å². The molecule has 1 saturated heterocycles. The van der Waals surface area contributed by atoms with Crippen LogP contribution >= 0.6 is 0 Å². The summed E-state index contributed by atoms with van der Waals surface area (Å²) in [5.74, 6) is 0. The van der Waals surface area contributed by atoms with Crippen molar-refractivity contribution in [2.45, 2.75) is 52.7 Å². The quantitative estimate of drug-likeness (QED) is 0.859. The molecule has 0 aromatic heterocycles. The fourth-order valence-electron chi connectivity index (χ4n) is 2.06. The molecule has 1 amide bonds. The van der Waals surface area contributed by atoms with Crippen LogP contribution in [-0.2, 0) is 9.47 Å². The minimum atomic E-state index is -0.474. The highest BCUT2D eigenvalue weighted by atomic mass is 16.6. The summed E-state index contributed by atoms with van der Waals surface area (Å²) >= 11 is 0. The zero-order valence-corrected chi connectivity index (χ0v) is 14.4. The summed E-state index contributed by atoms with van der Waals surface area (Å²) in [7, 11) is 0. The first kappa shape index (κ1) is 18.2. The van der Waals surface area contributed by atoms with Gasteiger partial charge < -0.3 is 14.4 Å². The second kappa shape index (κ2) is 7.42. The predicted molar refractivity (Wildman–Crippen MR) is 83.1 cm³/mol. The summed E-state index contributed by atoms with van der Waals surface area (Å²) in [5.41, 5.74) is 2.60. The van der Waals surface area contributed by atoms with E-state index in [0.717, 1.165) is 26.3 Å². The zero-order valence-electron chi connectivity index (χ0n) is 14.4. The summed E-state index contributed by atoms with van der Waals surface area (Å²) in [5, 5.41) is 2.14. The van der Waals surface area contributed by atoms with Gasteiger partial charge in [-0.15, -0.1) is 0 Å². The molecular weight excluding hydrogens is 270 g/mol. The summed E-state index contributed by atoms with van der Waals surface area (Å²) < 4.78 is 10.8. The molecule has 6 heteroatoms. The van der Waals surface area contributed by atoms with E-state index in [2.05, 4.69) is 10.4 Å². The van der Waals surface area contributed by atoms with Crippen LogP contribution in [0.5, 0.6) is 0 Å². The zero-order chi connectivity index (χ0) is 16.1. The number of rotatable bonds is 4. The van der Waals surface area contributed by atoms with Crippen LogP contribution in [0, 0.1) is 0 Å². The minimum Gasteiger partial charge on any atom is -0.444 e. The molecule has 124 valence electrons. The molecule has 0 bridgehead atoms. The molecule has 1 N–H and O–H groups in total. The lowest BCUT2D eigenvalue weighted by atomic mass is 10.1. The molecule has 0 aromatic carbocycles. The number of hydrogen-bond donors (Lipinski definition) is 1. The van der Waals surface area contributed by atoms with Crippen molar-refractivity contribution in [3.63, 3.8) is 0 Å². The van der Waals surface area contributed by atoms with Crippen LogP contribution in [0.25, 0.3) is 0 Å². The average Bonchev–Trinajstić information content (AvgIpc) is 2.32. The van der Waals surface area contributed by atoms with E-state index in [4.69, 9.17) is 9.47 Å². The third kappa shape index (κ3) is 7.11. The van der Waals surface area contributed by atoms with Crippen LogP contribution in [0.2, 0.25) is 0 Å². The van der Waals surface area contributed by atoms with Gasteiger partial charge in [-0.05, 0) is 41.5 Å². The third-order valence-electron chi connectivity index (χ3n) is 3.11. The van der Waals surface area contributed by atoms with E-state index in [0.29, 0.717) is 13.1 Å². The molecule has 1 fully saturated rings. The Balaban J connectivity index is 2.48. The second-order valence-corrected chi connectivity index (χ2v) is 7.31. The van der Waals surface area contributed by atoms with E-state index in [9.17, 15) is 4.79 Å². The Labute approximate surface area is 128 Å². The SMILES string of the molecule is CC(C)(C)OC(=O)N(CCNN1CCOCC1)C(C)(C)C. The molecule has 21 heavy (non-hydrogen) atoms. The molecule has 0 saturated carbocycles. The van der Waals surface area contributed by atoms with Gasteiger partial charge in [0, 0.05) is 31.7 Å². The lowest BCUT2D eigenvalue weighted by molar-refractivity contribution is -0.00400. The molecule has 1 aliphatic heterocycles. The summed E-state index contributed by atoms with van der Waals surface area (Å²) in [6.07, 6.45) is -0.265. The Bertz CT molecular complexity index is 328. The Morgan fingerprint density at radius 3 is 2.24 bits per heavy atom. The molecule has 0 radical (unpaired) electrons. The molecule has 1 rings (SSSR count). The fraction of sp³-hybridized carbons (Fsp3) is 0.933. The Morgan fingerprint density at radius 2 is 1.76 bits per heavy atom. The molecular formula is C15H31N3O3. The number of nitrogens with zero attached hydrogens (tertiary/aromatic N) is 2. The van der Waals surface area contributed by atoms with Gasteiger partial charge in [0.25, 0.3) is 0 Å². The molecule has 1 aliphatic rings. The number of hydrogen-bond acceptors (Lipinski definition) is 5. The number of carbonyl (C=O) groups excluding carboxylic acids is 1. The Hall–Kier alpha value is -0.850. The maximum absolute atomic E-state index is 12.3. The molecule has 0 unspecified atom stereocenters. The molecule has 0 aliphatic carbocycles. The number of amides is 1. The van der Waals surface area contributed by atoms with Crippen molar-refractivity contribution in [1.82, 2.24) is 15.3 Å². The van der Waals surface area contributed by atoms with Gasteiger partial charge >= 0.3 is 6.09 Å². The monoisotopic (exact) mass is 301 g/mol. The topological polar surface area (TPSA) is 54.0 Å². The van der Waals surface area contributed by atoms with E-state index in [1.54, 1.807) is 4.90 Å². The summed E-state index contributed by atoms with van der Waals surface area (Å²) in [4.78, 5) is 14.1. The van der Waals surface area contributed by atoms with E-state index in [-0.39, 0.29) is 11.6 Å². The van der Waals surface area contributed by atoms with Gasteiger partial charge in [0.1, 0.15) is 5.60 Å². The summed E-state index contributed by atoms with van der Waals surface area (Å²) in [6.45, 7) is 16.3. The maximum atomic E-state index is 12.3. The Morgan fingerprint density at radius 1 is 1.19 bits per heavy atom.